The van der Waals surface area contributed by atoms with E-state index in [1.165, 1.54) is 23.5 Å². The topological polar surface area (TPSA) is 45.2 Å². The molecular formula is C16H20Cl2FN3OS. The Bertz CT molecular complexity index is 687. The molecule has 3 rings (SSSR count). The summed E-state index contributed by atoms with van der Waals surface area (Å²) in [5.41, 5.74) is 1.56. The highest BCUT2D eigenvalue weighted by molar-refractivity contribution is 7.17. The van der Waals surface area contributed by atoms with Crippen LogP contribution in [0.25, 0.3) is 10.6 Å². The largest absolute Gasteiger partial charge is 0.337 e. The number of nitrogens with zero attached hydrogens (tertiary/aromatic N) is 2. The van der Waals surface area contributed by atoms with Crippen molar-refractivity contribution in [2.45, 2.75) is 19.4 Å². The maximum Gasteiger partial charge on any atom is 0.265 e. The van der Waals surface area contributed by atoms with E-state index in [0.29, 0.717) is 4.88 Å². The Balaban J connectivity index is 0.00000144. The van der Waals surface area contributed by atoms with Crippen molar-refractivity contribution in [1.29, 1.82) is 0 Å². The van der Waals surface area contributed by atoms with E-state index >= 15 is 0 Å². The van der Waals surface area contributed by atoms with Crippen LogP contribution in [0.2, 0.25) is 0 Å². The third-order valence-corrected chi connectivity index (χ3v) is 5.18. The van der Waals surface area contributed by atoms with Gasteiger partial charge in [0.2, 0.25) is 0 Å². The summed E-state index contributed by atoms with van der Waals surface area (Å²) in [7, 11) is 1.84. The van der Waals surface area contributed by atoms with E-state index in [9.17, 15) is 9.18 Å². The lowest BCUT2D eigenvalue weighted by Crippen LogP contribution is -2.38. The van der Waals surface area contributed by atoms with E-state index in [0.717, 1.165) is 35.8 Å². The fourth-order valence-corrected chi connectivity index (χ4v) is 3.66. The Labute approximate surface area is 157 Å². The zero-order valence-corrected chi connectivity index (χ0v) is 15.9. The van der Waals surface area contributed by atoms with Gasteiger partial charge in [-0.1, -0.05) is 0 Å². The smallest absolute Gasteiger partial charge is 0.265 e. The Morgan fingerprint density at radius 1 is 1.33 bits per heavy atom. The number of hydrogen-bond acceptors (Lipinski definition) is 4. The molecule has 1 aliphatic rings. The van der Waals surface area contributed by atoms with Crippen LogP contribution < -0.4 is 5.32 Å². The number of halogens is 3. The molecule has 1 aliphatic heterocycles. The highest BCUT2D eigenvalue weighted by Crippen LogP contribution is 2.29. The fourth-order valence-electron chi connectivity index (χ4n) is 2.61. The average molecular weight is 392 g/mol. The first-order chi connectivity index (χ1) is 10.6. The van der Waals surface area contributed by atoms with E-state index in [4.69, 9.17) is 0 Å². The first-order valence-corrected chi connectivity index (χ1v) is 8.09. The lowest BCUT2D eigenvalue weighted by molar-refractivity contribution is 0.0747. The summed E-state index contributed by atoms with van der Waals surface area (Å²) < 4.78 is 13.0. The van der Waals surface area contributed by atoms with Crippen LogP contribution in [-0.4, -0.2) is 42.0 Å². The molecule has 1 amide bonds. The molecule has 4 nitrogen and oxygen atoms in total. The maximum atomic E-state index is 13.0. The summed E-state index contributed by atoms with van der Waals surface area (Å²) in [6.07, 6.45) is 0.977. The van der Waals surface area contributed by atoms with E-state index in [-0.39, 0.29) is 42.6 Å². The Kier molecular flexibility index (Phi) is 7.60. The summed E-state index contributed by atoms with van der Waals surface area (Å²) in [5.74, 6) is -0.265. The van der Waals surface area contributed by atoms with Gasteiger partial charge in [-0.3, -0.25) is 4.79 Å². The van der Waals surface area contributed by atoms with E-state index < -0.39 is 0 Å². The predicted molar refractivity (Wildman–Crippen MR) is 100 cm³/mol. The summed E-state index contributed by atoms with van der Waals surface area (Å²) in [6, 6.07) is 6.43. The maximum absolute atomic E-state index is 13.0. The van der Waals surface area contributed by atoms with Gasteiger partial charge in [0, 0.05) is 25.2 Å². The molecule has 1 unspecified atom stereocenters. The number of rotatable bonds is 3. The van der Waals surface area contributed by atoms with Crippen LogP contribution in [0.15, 0.2) is 24.3 Å². The number of amides is 1. The molecule has 1 aromatic carbocycles. The molecule has 0 aliphatic carbocycles. The first-order valence-electron chi connectivity index (χ1n) is 7.27. The number of benzene rings is 1. The van der Waals surface area contributed by atoms with Crippen molar-refractivity contribution in [3.8, 4) is 10.6 Å². The summed E-state index contributed by atoms with van der Waals surface area (Å²) in [4.78, 5) is 19.6. The number of aromatic nitrogens is 1. The number of thiazole rings is 1. The standard InChI is InChI=1S/C16H18FN3OS.2ClH/c1-10-14(16(21)20(2)13-7-8-18-9-13)22-15(19-10)11-3-5-12(17)6-4-11;;/h3-6,13,18H,7-9H2,1-2H3;2*1H. The molecule has 132 valence electrons. The molecule has 8 heteroatoms. The summed E-state index contributed by atoms with van der Waals surface area (Å²) in [5, 5.41) is 4.02. The second-order valence-electron chi connectivity index (χ2n) is 5.50. The van der Waals surface area contributed by atoms with Crippen LogP contribution in [0.3, 0.4) is 0 Å². The summed E-state index contributed by atoms with van der Waals surface area (Å²) in [6.45, 7) is 3.63. The predicted octanol–water partition coefficient (Wildman–Crippen LogP) is 3.54. The third-order valence-electron chi connectivity index (χ3n) is 3.98. The average Bonchev–Trinajstić information content (AvgIpc) is 3.16. The van der Waals surface area contributed by atoms with Crippen molar-refractivity contribution in [2.75, 3.05) is 20.1 Å². The van der Waals surface area contributed by atoms with Gasteiger partial charge in [-0.25, -0.2) is 9.37 Å². The quantitative estimate of drug-likeness (QED) is 0.869. The van der Waals surface area contributed by atoms with Crippen LogP contribution in [-0.2, 0) is 0 Å². The second kappa shape index (κ2) is 8.76. The highest BCUT2D eigenvalue weighted by Gasteiger charge is 2.26. The molecule has 1 N–H and O–H groups in total. The van der Waals surface area contributed by atoms with Gasteiger partial charge in [0.05, 0.1) is 5.69 Å². The second-order valence-corrected chi connectivity index (χ2v) is 6.50. The third kappa shape index (κ3) is 4.25. The van der Waals surface area contributed by atoms with Crippen molar-refractivity contribution in [2.24, 2.45) is 0 Å². The molecule has 1 aromatic heterocycles. The molecule has 0 radical (unpaired) electrons. The van der Waals surface area contributed by atoms with Crippen LogP contribution in [0.5, 0.6) is 0 Å². The SMILES string of the molecule is Cc1nc(-c2ccc(F)cc2)sc1C(=O)N(C)C1CCNC1.Cl.Cl. The van der Waals surface area contributed by atoms with E-state index in [2.05, 4.69) is 10.3 Å². The normalized spacial score (nSPS) is 16.2. The summed E-state index contributed by atoms with van der Waals surface area (Å²) >= 11 is 1.37. The number of hydrogen-bond donors (Lipinski definition) is 1. The fraction of sp³-hybridized carbons (Fsp3) is 0.375. The molecule has 1 atom stereocenters. The molecule has 0 bridgehead atoms. The zero-order valence-electron chi connectivity index (χ0n) is 13.4. The molecule has 1 saturated heterocycles. The lowest BCUT2D eigenvalue weighted by Gasteiger charge is -2.23. The molecule has 2 heterocycles. The Morgan fingerprint density at radius 2 is 2.00 bits per heavy atom. The minimum Gasteiger partial charge on any atom is -0.337 e. The van der Waals surface area contributed by atoms with Crippen molar-refractivity contribution < 1.29 is 9.18 Å². The van der Waals surface area contributed by atoms with Gasteiger partial charge < -0.3 is 10.2 Å². The molecule has 24 heavy (non-hydrogen) atoms. The van der Waals surface area contributed by atoms with Gasteiger partial charge in [0.1, 0.15) is 15.7 Å². The van der Waals surface area contributed by atoms with Crippen molar-refractivity contribution >= 4 is 42.1 Å². The monoisotopic (exact) mass is 391 g/mol. The highest BCUT2D eigenvalue weighted by atomic mass is 35.5. The first kappa shape index (κ1) is 20.8. The zero-order chi connectivity index (χ0) is 15.7. The van der Waals surface area contributed by atoms with Gasteiger partial charge in [-0.15, -0.1) is 36.2 Å². The van der Waals surface area contributed by atoms with Gasteiger partial charge in [0.15, 0.2) is 0 Å². The molecule has 0 saturated carbocycles. The number of nitrogens with one attached hydrogen (secondary N) is 1. The molecule has 2 aromatic rings. The Morgan fingerprint density at radius 3 is 2.58 bits per heavy atom. The number of aryl methyl sites for hydroxylation is 1. The molecule has 0 spiro atoms. The number of carbonyl (C=O) groups excluding carboxylic acids is 1. The minimum atomic E-state index is -0.276. The van der Waals surface area contributed by atoms with E-state index in [1.54, 1.807) is 17.0 Å². The lowest BCUT2D eigenvalue weighted by atomic mass is 10.2. The molecular weight excluding hydrogens is 372 g/mol. The van der Waals surface area contributed by atoms with Crippen LogP contribution >= 0.6 is 36.2 Å². The van der Waals surface area contributed by atoms with Crippen molar-refractivity contribution in [1.82, 2.24) is 15.2 Å². The number of carbonyl (C=O) groups is 1. The van der Waals surface area contributed by atoms with Crippen LogP contribution in [0, 0.1) is 12.7 Å². The van der Waals surface area contributed by atoms with E-state index in [1.807, 2.05) is 14.0 Å². The van der Waals surface area contributed by atoms with Gasteiger partial charge in [-0.2, -0.15) is 0 Å². The minimum absolute atomic E-state index is 0. The van der Waals surface area contributed by atoms with Gasteiger partial charge in [-0.05, 0) is 44.2 Å². The Hall–Kier alpha value is -1.21. The van der Waals surface area contributed by atoms with Crippen LogP contribution in [0.1, 0.15) is 21.8 Å². The molecule has 1 fully saturated rings. The van der Waals surface area contributed by atoms with Gasteiger partial charge >= 0.3 is 0 Å². The van der Waals surface area contributed by atoms with Crippen molar-refractivity contribution in [3.05, 3.63) is 40.7 Å². The van der Waals surface area contributed by atoms with Crippen LogP contribution in [0.4, 0.5) is 4.39 Å². The number of likely N-dealkylation sites (N-methyl/N-ethyl adjacent to an activating group) is 1. The van der Waals surface area contributed by atoms with Crippen molar-refractivity contribution in [3.63, 3.8) is 0 Å². The van der Waals surface area contributed by atoms with Gasteiger partial charge in [0.25, 0.3) is 5.91 Å².